The maximum Gasteiger partial charge on any atom is 0.253 e. The Morgan fingerprint density at radius 2 is 1.65 bits per heavy atom. The lowest BCUT2D eigenvalue weighted by atomic mass is 9.93. The van der Waals surface area contributed by atoms with Gasteiger partial charge in [0.15, 0.2) is 0 Å². The highest BCUT2D eigenvalue weighted by molar-refractivity contribution is 5.95. The number of aryl methyl sites for hydroxylation is 2. The minimum absolute atomic E-state index is 0.0255. The van der Waals surface area contributed by atoms with Gasteiger partial charge in [0, 0.05) is 37.7 Å². The first-order valence-electron chi connectivity index (χ1n) is 9.54. The van der Waals surface area contributed by atoms with Crippen molar-refractivity contribution in [2.45, 2.75) is 39.5 Å². The Morgan fingerprint density at radius 1 is 1.00 bits per heavy atom. The van der Waals surface area contributed by atoms with E-state index in [0.717, 1.165) is 36.8 Å². The molecule has 2 aliphatic heterocycles. The second kappa shape index (κ2) is 7.90. The maximum absolute atomic E-state index is 12.9. The third-order valence-electron chi connectivity index (χ3n) is 5.52. The number of hydrogen-bond donors (Lipinski definition) is 0. The van der Waals surface area contributed by atoms with Gasteiger partial charge in [-0.15, -0.1) is 0 Å². The second-order valence-electron chi connectivity index (χ2n) is 7.70. The number of hydrogen-bond acceptors (Lipinski definition) is 3. The van der Waals surface area contributed by atoms with Crippen molar-refractivity contribution in [3.8, 4) is 6.07 Å². The predicted octanol–water partition coefficient (Wildman–Crippen LogP) is 2.92. The van der Waals surface area contributed by atoms with Crippen LogP contribution in [0.3, 0.4) is 0 Å². The summed E-state index contributed by atoms with van der Waals surface area (Å²) in [6.45, 7) is 6.54. The highest BCUT2D eigenvalue weighted by Crippen LogP contribution is 2.24. The molecule has 2 saturated heterocycles. The summed E-state index contributed by atoms with van der Waals surface area (Å²) in [7, 11) is 0. The number of rotatable bonds is 2. The number of amides is 2. The summed E-state index contributed by atoms with van der Waals surface area (Å²) >= 11 is 0. The molecule has 26 heavy (non-hydrogen) atoms. The van der Waals surface area contributed by atoms with Crippen LogP contribution < -0.4 is 0 Å². The van der Waals surface area contributed by atoms with Crippen molar-refractivity contribution in [3.63, 3.8) is 0 Å². The molecular formula is C21H27N3O2. The fourth-order valence-electron chi connectivity index (χ4n) is 4.13. The minimum atomic E-state index is -0.114. The average Bonchev–Trinajstić information content (AvgIpc) is 2.66. The van der Waals surface area contributed by atoms with Crippen LogP contribution in [0.4, 0.5) is 0 Å². The number of nitrogens with zero attached hydrogens (tertiary/aromatic N) is 3. The van der Waals surface area contributed by atoms with Crippen molar-refractivity contribution in [1.29, 1.82) is 5.26 Å². The van der Waals surface area contributed by atoms with Gasteiger partial charge in [-0.05, 0) is 51.7 Å². The van der Waals surface area contributed by atoms with Crippen LogP contribution in [-0.2, 0) is 4.79 Å². The van der Waals surface area contributed by atoms with Crippen LogP contribution in [0.1, 0.15) is 47.2 Å². The van der Waals surface area contributed by atoms with Gasteiger partial charge in [-0.2, -0.15) is 5.26 Å². The van der Waals surface area contributed by atoms with Gasteiger partial charge in [-0.1, -0.05) is 17.2 Å². The monoisotopic (exact) mass is 353 g/mol. The van der Waals surface area contributed by atoms with Crippen molar-refractivity contribution in [3.05, 3.63) is 34.9 Å². The standard InChI is InChI=1S/C21H27N3O2/c1-15-10-16(2)12-19(11-15)21(26)24-7-3-4-18(14-24)20(25)23-8-5-17(13-22)6-9-23/h10-12,17-18H,3-9,14H2,1-2H3. The molecule has 0 radical (unpaired) electrons. The van der Waals surface area contributed by atoms with Crippen LogP contribution in [-0.4, -0.2) is 47.8 Å². The van der Waals surface area contributed by atoms with E-state index in [4.69, 9.17) is 5.26 Å². The van der Waals surface area contributed by atoms with Gasteiger partial charge in [0.1, 0.15) is 0 Å². The Labute approximate surface area is 155 Å². The molecule has 0 aromatic heterocycles. The number of carbonyl (C=O) groups excluding carboxylic acids is 2. The lowest BCUT2D eigenvalue weighted by Gasteiger charge is -2.37. The largest absolute Gasteiger partial charge is 0.342 e. The molecule has 0 aliphatic carbocycles. The Morgan fingerprint density at radius 3 is 2.27 bits per heavy atom. The van der Waals surface area contributed by atoms with Crippen molar-refractivity contribution in [2.24, 2.45) is 11.8 Å². The first kappa shape index (κ1) is 18.4. The molecule has 1 aromatic carbocycles. The third-order valence-corrected chi connectivity index (χ3v) is 5.52. The van der Waals surface area contributed by atoms with Crippen LogP contribution in [0.25, 0.3) is 0 Å². The highest BCUT2D eigenvalue weighted by atomic mass is 16.2. The van der Waals surface area contributed by atoms with Gasteiger partial charge in [0.2, 0.25) is 5.91 Å². The SMILES string of the molecule is Cc1cc(C)cc(C(=O)N2CCCC(C(=O)N3CCC(C#N)CC3)C2)c1. The van der Waals surface area contributed by atoms with Crippen LogP contribution in [0, 0.1) is 37.0 Å². The molecule has 1 unspecified atom stereocenters. The predicted molar refractivity (Wildman–Crippen MR) is 99.5 cm³/mol. The van der Waals surface area contributed by atoms with Crippen LogP contribution >= 0.6 is 0 Å². The molecule has 138 valence electrons. The fourth-order valence-corrected chi connectivity index (χ4v) is 4.13. The zero-order valence-electron chi connectivity index (χ0n) is 15.7. The van der Waals surface area contributed by atoms with Gasteiger partial charge in [-0.25, -0.2) is 0 Å². The summed E-state index contributed by atoms with van der Waals surface area (Å²) in [5.41, 5.74) is 2.88. The van der Waals surface area contributed by atoms with E-state index in [2.05, 4.69) is 12.1 Å². The molecule has 1 aromatic rings. The van der Waals surface area contributed by atoms with E-state index in [1.165, 1.54) is 0 Å². The zero-order valence-corrected chi connectivity index (χ0v) is 15.7. The highest BCUT2D eigenvalue weighted by Gasteiger charge is 2.33. The zero-order chi connectivity index (χ0) is 18.7. The second-order valence-corrected chi connectivity index (χ2v) is 7.70. The van der Waals surface area contributed by atoms with Crippen molar-refractivity contribution in [2.75, 3.05) is 26.2 Å². The summed E-state index contributed by atoms with van der Waals surface area (Å²) in [4.78, 5) is 29.5. The first-order chi connectivity index (χ1) is 12.5. The summed E-state index contributed by atoms with van der Waals surface area (Å²) in [6.07, 6.45) is 3.23. The van der Waals surface area contributed by atoms with E-state index in [1.807, 2.05) is 35.8 Å². The molecule has 0 N–H and O–H groups in total. The minimum Gasteiger partial charge on any atom is -0.342 e. The summed E-state index contributed by atoms with van der Waals surface area (Å²) in [5.74, 6) is 0.141. The van der Waals surface area contributed by atoms with Gasteiger partial charge >= 0.3 is 0 Å². The van der Waals surface area contributed by atoms with E-state index in [1.54, 1.807) is 0 Å². The summed E-state index contributed by atoms with van der Waals surface area (Å²) in [5, 5.41) is 9.01. The van der Waals surface area contributed by atoms with E-state index >= 15 is 0 Å². The normalized spacial score (nSPS) is 21.3. The van der Waals surface area contributed by atoms with E-state index in [-0.39, 0.29) is 23.7 Å². The van der Waals surface area contributed by atoms with Crippen LogP contribution in [0.5, 0.6) is 0 Å². The quantitative estimate of drug-likeness (QED) is 0.821. The Kier molecular flexibility index (Phi) is 5.61. The van der Waals surface area contributed by atoms with E-state index < -0.39 is 0 Å². The Bertz CT molecular complexity index is 709. The first-order valence-corrected chi connectivity index (χ1v) is 9.54. The van der Waals surface area contributed by atoms with Gasteiger partial charge in [0.05, 0.1) is 12.0 Å². The number of piperidine rings is 2. The molecule has 5 heteroatoms. The molecule has 2 amide bonds. The van der Waals surface area contributed by atoms with E-state index in [9.17, 15) is 9.59 Å². The summed E-state index contributed by atoms with van der Waals surface area (Å²) in [6, 6.07) is 8.21. The number of benzene rings is 1. The smallest absolute Gasteiger partial charge is 0.253 e. The van der Waals surface area contributed by atoms with Crippen molar-refractivity contribution in [1.82, 2.24) is 9.80 Å². The maximum atomic E-state index is 12.9. The number of likely N-dealkylation sites (tertiary alicyclic amines) is 2. The summed E-state index contributed by atoms with van der Waals surface area (Å²) < 4.78 is 0. The molecular weight excluding hydrogens is 326 g/mol. The third kappa shape index (κ3) is 4.07. The molecule has 0 spiro atoms. The molecule has 2 heterocycles. The lowest BCUT2D eigenvalue weighted by molar-refractivity contribution is -0.138. The number of carbonyl (C=O) groups is 2. The van der Waals surface area contributed by atoms with Crippen molar-refractivity contribution < 1.29 is 9.59 Å². The van der Waals surface area contributed by atoms with E-state index in [0.29, 0.717) is 31.7 Å². The van der Waals surface area contributed by atoms with Crippen LogP contribution in [0.2, 0.25) is 0 Å². The molecule has 0 bridgehead atoms. The molecule has 2 aliphatic rings. The topological polar surface area (TPSA) is 64.4 Å². The number of nitriles is 1. The molecule has 3 rings (SSSR count). The van der Waals surface area contributed by atoms with Gasteiger partial charge in [-0.3, -0.25) is 9.59 Å². The molecule has 0 saturated carbocycles. The van der Waals surface area contributed by atoms with Gasteiger partial charge < -0.3 is 9.80 Å². The van der Waals surface area contributed by atoms with Crippen LogP contribution in [0.15, 0.2) is 18.2 Å². The Hall–Kier alpha value is -2.35. The molecule has 5 nitrogen and oxygen atoms in total. The lowest BCUT2D eigenvalue weighted by Crippen LogP contribution is -2.48. The molecule has 2 fully saturated rings. The molecule has 1 atom stereocenters. The van der Waals surface area contributed by atoms with Gasteiger partial charge in [0.25, 0.3) is 5.91 Å². The average molecular weight is 353 g/mol. The fraction of sp³-hybridized carbons (Fsp3) is 0.571. The van der Waals surface area contributed by atoms with Crippen molar-refractivity contribution >= 4 is 11.8 Å². The Balaban J connectivity index is 1.64.